The Hall–Kier alpha value is -2.92. The van der Waals surface area contributed by atoms with Crippen LogP contribution in [0.15, 0.2) is 61.1 Å². The number of aromatic amines is 1. The SMILES string of the molecule is CCNC(=O)c1cccc(-c2ccc(C(O)(c3cnc[nH]3)C(C)C)cc2)c1. The molecule has 27 heavy (non-hydrogen) atoms. The first kappa shape index (κ1) is 18.9. The molecule has 0 spiro atoms. The molecule has 1 unspecified atom stereocenters. The van der Waals surface area contributed by atoms with Crippen LogP contribution < -0.4 is 5.32 Å². The van der Waals surface area contributed by atoms with Gasteiger partial charge in [0.25, 0.3) is 5.91 Å². The number of nitrogens with zero attached hydrogens (tertiary/aromatic N) is 1. The highest BCUT2D eigenvalue weighted by atomic mass is 16.3. The molecule has 5 heteroatoms. The van der Waals surface area contributed by atoms with E-state index in [4.69, 9.17) is 0 Å². The quantitative estimate of drug-likeness (QED) is 0.625. The minimum absolute atomic E-state index is 0.0372. The Balaban J connectivity index is 1.94. The van der Waals surface area contributed by atoms with Gasteiger partial charge in [0.2, 0.25) is 0 Å². The van der Waals surface area contributed by atoms with Crippen LogP contribution in [0.5, 0.6) is 0 Å². The van der Waals surface area contributed by atoms with Crippen LogP contribution >= 0.6 is 0 Å². The summed E-state index contributed by atoms with van der Waals surface area (Å²) in [7, 11) is 0. The van der Waals surface area contributed by atoms with Crippen LogP contribution in [-0.2, 0) is 5.60 Å². The lowest BCUT2D eigenvalue weighted by Gasteiger charge is -2.31. The lowest BCUT2D eigenvalue weighted by Crippen LogP contribution is -2.33. The highest BCUT2D eigenvalue weighted by molar-refractivity contribution is 5.95. The fourth-order valence-electron chi connectivity index (χ4n) is 3.28. The fourth-order valence-corrected chi connectivity index (χ4v) is 3.28. The van der Waals surface area contributed by atoms with Crippen LogP contribution in [0.4, 0.5) is 0 Å². The topological polar surface area (TPSA) is 78.0 Å². The van der Waals surface area contributed by atoms with E-state index in [9.17, 15) is 9.90 Å². The van der Waals surface area contributed by atoms with E-state index in [0.717, 1.165) is 16.7 Å². The third kappa shape index (κ3) is 3.64. The lowest BCUT2D eigenvalue weighted by atomic mass is 9.80. The van der Waals surface area contributed by atoms with Crippen molar-refractivity contribution in [3.8, 4) is 11.1 Å². The molecule has 1 heterocycles. The largest absolute Gasteiger partial charge is 0.379 e. The maximum absolute atomic E-state index is 12.1. The number of hydrogen-bond acceptors (Lipinski definition) is 3. The second kappa shape index (κ2) is 7.76. The van der Waals surface area contributed by atoms with Crippen LogP contribution in [0.3, 0.4) is 0 Å². The van der Waals surface area contributed by atoms with Crippen LogP contribution in [0.2, 0.25) is 0 Å². The minimum atomic E-state index is -1.14. The molecule has 3 aromatic rings. The Bertz CT molecular complexity index is 902. The first-order chi connectivity index (χ1) is 13.0. The standard InChI is InChI=1S/C22H25N3O2/c1-4-24-21(26)18-7-5-6-17(12-18)16-8-10-19(11-9-16)22(27,15(2)3)20-13-23-14-25-20/h5-15,27H,4H2,1-3H3,(H,23,25)(H,24,26). The number of hydrogen-bond donors (Lipinski definition) is 3. The molecule has 5 nitrogen and oxygen atoms in total. The summed E-state index contributed by atoms with van der Waals surface area (Å²) in [5, 5.41) is 14.1. The zero-order valence-corrected chi connectivity index (χ0v) is 15.9. The fraction of sp³-hybridized carbons (Fsp3) is 0.273. The highest BCUT2D eigenvalue weighted by Gasteiger charge is 2.36. The van der Waals surface area contributed by atoms with Crippen molar-refractivity contribution in [2.24, 2.45) is 5.92 Å². The van der Waals surface area contributed by atoms with Crippen molar-refractivity contribution in [2.75, 3.05) is 6.54 Å². The molecule has 3 N–H and O–H groups in total. The van der Waals surface area contributed by atoms with Gasteiger partial charge in [0.1, 0.15) is 5.60 Å². The Labute approximate surface area is 159 Å². The summed E-state index contributed by atoms with van der Waals surface area (Å²) in [6.45, 7) is 6.45. The maximum atomic E-state index is 12.1. The van der Waals surface area contributed by atoms with Crippen LogP contribution in [0.1, 0.15) is 42.4 Å². The van der Waals surface area contributed by atoms with Gasteiger partial charge in [0.15, 0.2) is 0 Å². The van der Waals surface area contributed by atoms with Crippen LogP contribution in [0, 0.1) is 5.92 Å². The molecule has 0 aliphatic carbocycles. The van der Waals surface area contributed by atoms with E-state index in [2.05, 4.69) is 15.3 Å². The molecular formula is C22H25N3O2. The predicted octanol–water partition coefficient (Wildman–Crippen LogP) is 3.72. The Kier molecular flexibility index (Phi) is 5.42. The number of rotatable bonds is 6. The molecule has 2 aromatic carbocycles. The summed E-state index contributed by atoms with van der Waals surface area (Å²) < 4.78 is 0. The van der Waals surface area contributed by atoms with E-state index in [1.54, 1.807) is 18.6 Å². The van der Waals surface area contributed by atoms with Crippen molar-refractivity contribution >= 4 is 5.91 Å². The van der Waals surface area contributed by atoms with E-state index < -0.39 is 5.60 Å². The van der Waals surface area contributed by atoms with Crippen LogP contribution in [0.25, 0.3) is 11.1 Å². The number of amides is 1. The molecule has 0 aliphatic rings. The number of imidazole rings is 1. The maximum Gasteiger partial charge on any atom is 0.251 e. The van der Waals surface area contributed by atoms with E-state index >= 15 is 0 Å². The van der Waals surface area contributed by atoms with E-state index in [0.29, 0.717) is 17.8 Å². The average molecular weight is 363 g/mol. The first-order valence-corrected chi connectivity index (χ1v) is 9.17. The summed E-state index contributed by atoms with van der Waals surface area (Å²) in [5.74, 6) is -0.116. The molecular weight excluding hydrogens is 338 g/mol. The third-order valence-electron chi connectivity index (χ3n) is 4.86. The molecule has 140 valence electrons. The molecule has 3 rings (SSSR count). The van der Waals surface area contributed by atoms with Crippen molar-refractivity contribution in [3.05, 3.63) is 77.9 Å². The van der Waals surface area contributed by atoms with Crippen molar-refractivity contribution in [1.82, 2.24) is 15.3 Å². The number of H-pyrrole nitrogens is 1. The highest BCUT2D eigenvalue weighted by Crippen LogP contribution is 2.36. The normalized spacial score (nSPS) is 13.4. The summed E-state index contributed by atoms with van der Waals surface area (Å²) in [6, 6.07) is 15.3. The van der Waals surface area contributed by atoms with Gasteiger partial charge < -0.3 is 15.4 Å². The summed E-state index contributed by atoms with van der Waals surface area (Å²) in [6.07, 6.45) is 3.23. The van der Waals surface area contributed by atoms with Gasteiger partial charge in [-0.1, -0.05) is 50.2 Å². The monoisotopic (exact) mass is 363 g/mol. The summed E-state index contributed by atoms with van der Waals surface area (Å²) in [4.78, 5) is 19.1. The molecule has 0 aliphatic heterocycles. The summed E-state index contributed by atoms with van der Waals surface area (Å²) in [5.41, 5.74) is 2.90. The Morgan fingerprint density at radius 2 is 1.93 bits per heavy atom. The van der Waals surface area contributed by atoms with Crippen molar-refractivity contribution < 1.29 is 9.90 Å². The number of benzene rings is 2. The summed E-state index contributed by atoms with van der Waals surface area (Å²) >= 11 is 0. The van der Waals surface area contributed by atoms with E-state index in [1.807, 2.05) is 63.2 Å². The molecule has 0 fully saturated rings. The smallest absolute Gasteiger partial charge is 0.251 e. The average Bonchev–Trinajstić information content (AvgIpc) is 3.23. The van der Waals surface area contributed by atoms with Gasteiger partial charge in [-0.2, -0.15) is 0 Å². The molecule has 1 amide bonds. The van der Waals surface area contributed by atoms with E-state index in [-0.39, 0.29) is 11.8 Å². The van der Waals surface area contributed by atoms with Gasteiger partial charge in [-0.25, -0.2) is 4.98 Å². The second-order valence-corrected chi connectivity index (χ2v) is 6.90. The number of nitrogens with one attached hydrogen (secondary N) is 2. The van der Waals surface area contributed by atoms with Crippen molar-refractivity contribution in [2.45, 2.75) is 26.4 Å². The van der Waals surface area contributed by atoms with Gasteiger partial charge in [0.05, 0.1) is 18.2 Å². The van der Waals surface area contributed by atoms with Crippen molar-refractivity contribution in [1.29, 1.82) is 0 Å². The molecule has 0 saturated carbocycles. The molecule has 0 radical (unpaired) electrons. The number of aliphatic hydroxyl groups is 1. The second-order valence-electron chi connectivity index (χ2n) is 6.90. The minimum Gasteiger partial charge on any atom is -0.379 e. The number of carbonyl (C=O) groups excluding carboxylic acids is 1. The molecule has 1 aromatic heterocycles. The first-order valence-electron chi connectivity index (χ1n) is 9.17. The molecule has 1 atom stereocenters. The third-order valence-corrected chi connectivity index (χ3v) is 4.86. The van der Waals surface area contributed by atoms with Crippen molar-refractivity contribution in [3.63, 3.8) is 0 Å². The van der Waals surface area contributed by atoms with Gasteiger partial charge in [0, 0.05) is 12.1 Å². The Morgan fingerprint density at radius 1 is 1.19 bits per heavy atom. The predicted molar refractivity (Wildman–Crippen MR) is 106 cm³/mol. The lowest BCUT2D eigenvalue weighted by molar-refractivity contribution is 0.0279. The Morgan fingerprint density at radius 3 is 2.52 bits per heavy atom. The molecule has 0 saturated heterocycles. The van der Waals surface area contributed by atoms with Gasteiger partial charge in [-0.05, 0) is 41.7 Å². The zero-order chi connectivity index (χ0) is 19.4. The number of aromatic nitrogens is 2. The van der Waals surface area contributed by atoms with Gasteiger partial charge in [-0.3, -0.25) is 4.79 Å². The van der Waals surface area contributed by atoms with E-state index in [1.165, 1.54) is 0 Å². The zero-order valence-electron chi connectivity index (χ0n) is 15.9. The number of carbonyl (C=O) groups is 1. The van der Waals surface area contributed by atoms with Gasteiger partial charge >= 0.3 is 0 Å². The molecule has 0 bridgehead atoms. The van der Waals surface area contributed by atoms with Gasteiger partial charge in [-0.15, -0.1) is 0 Å². The van der Waals surface area contributed by atoms with Crippen LogP contribution in [-0.4, -0.2) is 27.5 Å².